The zero-order chi connectivity index (χ0) is 5.86. The fourth-order valence-corrected chi connectivity index (χ4v) is 0.409. The number of carbonyl (C=O) groups excluding carboxylic acids is 1. The molecule has 0 heterocycles. The van der Waals surface area contributed by atoms with Crippen molar-refractivity contribution in [3.8, 4) is 0 Å². The molecule has 0 aromatic rings. The third kappa shape index (κ3) is 2.85. The Morgan fingerprint density at radius 3 is 2.29 bits per heavy atom. The molecule has 46 valence electrons. The van der Waals surface area contributed by atoms with Gasteiger partial charge in [-0.15, -0.1) is 0 Å². The first-order chi connectivity index (χ1) is 3.18. The van der Waals surface area contributed by atoms with E-state index in [1.807, 2.05) is 0 Å². The molecule has 0 aromatic heterocycles. The first kappa shape index (κ1) is 7.21. The summed E-state index contributed by atoms with van der Waals surface area (Å²) in [5.74, 6) is -0.177. The van der Waals surface area contributed by atoms with Crippen molar-refractivity contribution >= 4 is 5.97 Å². The molecule has 0 aliphatic rings. The average molecular weight is 284 g/mol. The van der Waals surface area contributed by atoms with Gasteiger partial charge in [0, 0.05) is 0 Å². The van der Waals surface area contributed by atoms with Crippen molar-refractivity contribution in [2.75, 3.05) is 7.11 Å². The van der Waals surface area contributed by atoms with Crippen LogP contribution in [0.1, 0.15) is 6.92 Å². The summed E-state index contributed by atoms with van der Waals surface area (Å²) in [6.07, 6.45) is 0. The SMILES string of the molecule is COC(=O)[CH](C)[Au]. The summed E-state index contributed by atoms with van der Waals surface area (Å²) >= 11 is 2.16. The van der Waals surface area contributed by atoms with Crippen molar-refractivity contribution in [1.82, 2.24) is 0 Å². The van der Waals surface area contributed by atoms with Gasteiger partial charge in [0.1, 0.15) is 0 Å². The molecule has 0 bridgehead atoms. The number of methoxy groups -OCH3 is 1. The van der Waals surface area contributed by atoms with Gasteiger partial charge in [-0.2, -0.15) is 0 Å². The molecule has 0 saturated heterocycles. The van der Waals surface area contributed by atoms with Crippen molar-refractivity contribution in [2.45, 2.75) is 11.1 Å². The third-order valence-electron chi connectivity index (χ3n) is 0.508. The van der Waals surface area contributed by atoms with Gasteiger partial charge in [-0.3, -0.25) is 0 Å². The van der Waals surface area contributed by atoms with E-state index in [4.69, 9.17) is 0 Å². The van der Waals surface area contributed by atoms with Crippen LogP contribution in [-0.4, -0.2) is 13.1 Å². The Morgan fingerprint density at radius 2 is 2.29 bits per heavy atom. The van der Waals surface area contributed by atoms with Crippen LogP contribution in [0.4, 0.5) is 0 Å². The first-order valence-electron chi connectivity index (χ1n) is 1.86. The Balaban J connectivity index is 3.35. The van der Waals surface area contributed by atoms with Gasteiger partial charge in [0.15, 0.2) is 0 Å². The standard InChI is InChI=1S/C4H7O2.Au/c1-3-4(5)6-2;/h3H,1-2H3;. The molecule has 0 rings (SSSR count). The molecule has 1 unspecified atom stereocenters. The minimum absolute atomic E-state index is 0.0509. The predicted molar refractivity (Wildman–Crippen MR) is 21.4 cm³/mol. The molecular weight excluding hydrogens is 277 g/mol. The molecule has 1 atom stereocenters. The maximum absolute atomic E-state index is 10.3. The Morgan fingerprint density at radius 1 is 1.86 bits per heavy atom. The summed E-state index contributed by atoms with van der Waals surface area (Å²) in [6, 6.07) is 0. The fourth-order valence-electron chi connectivity index (χ4n) is 0.153. The topological polar surface area (TPSA) is 26.3 Å². The zero-order valence-corrected chi connectivity index (χ0v) is 6.36. The molecule has 0 amide bonds. The van der Waals surface area contributed by atoms with E-state index in [-0.39, 0.29) is 10.1 Å². The molecule has 0 saturated carbocycles. The summed E-state index contributed by atoms with van der Waals surface area (Å²) in [6.45, 7) is 1.77. The Labute approximate surface area is 55.1 Å². The van der Waals surface area contributed by atoms with E-state index in [0.717, 1.165) is 0 Å². The molecule has 3 heteroatoms. The van der Waals surface area contributed by atoms with E-state index in [2.05, 4.69) is 25.8 Å². The molecule has 0 spiro atoms. The van der Waals surface area contributed by atoms with Crippen LogP contribution < -0.4 is 0 Å². The summed E-state index contributed by atoms with van der Waals surface area (Å²) < 4.78 is 4.31. The van der Waals surface area contributed by atoms with Crippen molar-refractivity contribution < 1.29 is 30.6 Å². The van der Waals surface area contributed by atoms with Crippen LogP contribution in [-0.2, 0) is 30.6 Å². The third-order valence-corrected chi connectivity index (χ3v) is 1.02. The van der Waals surface area contributed by atoms with Crippen LogP contribution in [0.15, 0.2) is 0 Å². The quantitative estimate of drug-likeness (QED) is 0.518. The molecule has 0 aliphatic carbocycles. The van der Waals surface area contributed by atoms with Gasteiger partial charge >= 0.3 is 54.7 Å². The van der Waals surface area contributed by atoms with E-state index in [0.29, 0.717) is 0 Å². The fraction of sp³-hybridized carbons (Fsp3) is 0.750. The van der Waals surface area contributed by atoms with Gasteiger partial charge in [0.25, 0.3) is 0 Å². The second kappa shape index (κ2) is 3.24. The average Bonchev–Trinajstić information content (AvgIpc) is 1.65. The van der Waals surface area contributed by atoms with Gasteiger partial charge in [-0.05, 0) is 0 Å². The molecule has 0 aromatic carbocycles. The molecule has 7 heavy (non-hydrogen) atoms. The summed E-state index contributed by atoms with van der Waals surface area (Å²) in [5, 5.41) is 0. The molecule has 2 nitrogen and oxygen atoms in total. The second-order valence-electron chi connectivity index (χ2n) is 1.07. The summed E-state index contributed by atoms with van der Waals surface area (Å²) in [5.41, 5.74) is 0. The Kier molecular flexibility index (Phi) is 3.34. The van der Waals surface area contributed by atoms with Crippen LogP contribution in [0.2, 0.25) is 4.14 Å². The van der Waals surface area contributed by atoms with Crippen LogP contribution in [0.5, 0.6) is 0 Å². The van der Waals surface area contributed by atoms with E-state index in [1.165, 1.54) is 7.11 Å². The number of rotatable bonds is 1. The van der Waals surface area contributed by atoms with Gasteiger partial charge in [-0.25, -0.2) is 0 Å². The van der Waals surface area contributed by atoms with Crippen molar-refractivity contribution in [3.63, 3.8) is 0 Å². The van der Waals surface area contributed by atoms with E-state index < -0.39 is 0 Å². The molecule has 0 radical (unpaired) electrons. The van der Waals surface area contributed by atoms with Crippen LogP contribution in [0.3, 0.4) is 0 Å². The van der Waals surface area contributed by atoms with E-state index in [1.54, 1.807) is 6.92 Å². The zero-order valence-electron chi connectivity index (χ0n) is 4.20. The number of hydrogen-bond acceptors (Lipinski definition) is 2. The van der Waals surface area contributed by atoms with Gasteiger partial charge in [0.05, 0.1) is 0 Å². The number of hydrogen-bond donors (Lipinski definition) is 0. The van der Waals surface area contributed by atoms with Crippen LogP contribution in [0.25, 0.3) is 0 Å². The minimum atomic E-state index is -0.177. The Bertz CT molecular complexity index is 70.1. The number of esters is 1. The summed E-state index contributed by atoms with van der Waals surface area (Å²) in [7, 11) is 1.38. The van der Waals surface area contributed by atoms with Gasteiger partial charge < -0.3 is 0 Å². The summed E-state index contributed by atoms with van der Waals surface area (Å²) in [4.78, 5) is 10.3. The maximum atomic E-state index is 10.3. The van der Waals surface area contributed by atoms with E-state index >= 15 is 0 Å². The Hall–Kier alpha value is 0.210. The molecule has 0 N–H and O–H groups in total. The second-order valence-corrected chi connectivity index (χ2v) is 2.95. The molecule has 0 aliphatic heterocycles. The van der Waals surface area contributed by atoms with Crippen molar-refractivity contribution in [3.05, 3.63) is 0 Å². The predicted octanol–water partition coefficient (Wildman–Crippen LogP) is 0.515. The van der Waals surface area contributed by atoms with Crippen molar-refractivity contribution in [2.24, 2.45) is 0 Å². The molecular formula is C4H7AuO2. The number of carbonyl (C=O) groups is 1. The van der Waals surface area contributed by atoms with Crippen molar-refractivity contribution in [1.29, 1.82) is 0 Å². The molecule has 0 fully saturated rings. The van der Waals surface area contributed by atoms with E-state index in [9.17, 15) is 4.79 Å². The normalized spacial score (nSPS) is 13.1. The van der Waals surface area contributed by atoms with Gasteiger partial charge in [0.2, 0.25) is 0 Å². The van der Waals surface area contributed by atoms with Gasteiger partial charge in [-0.1, -0.05) is 0 Å². The monoisotopic (exact) mass is 284 g/mol. The van der Waals surface area contributed by atoms with Crippen LogP contribution >= 0.6 is 0 Å². The number of ether oxygens (including phenoxy) is 1. The van der Waals surface area contributed by atoms with Crippen LogP contribution in [0, 0.1) is 0 Å². The first-order valence-corrected chi connectivity index (χ1v) is 3.11.